The van der Waals surface area contributed by atoms with E-state index in [4.69, 9.17) is 9.47 Å². The van der Waals surface area contributed by atoms with E-state index in [1.807, 2.05) is 39.8 Å². The molecule has 0 aliphatic rings. The summed E-state index contributed by atoms with van der Waals surface area (Å²) in [6.07, 6.45) is 0.336. The summed E-state index contributed by atoms with van der Waals surface area (Å²) in [4.78, 5) is 12.3. The van der Waals surface area contributed by atoms with Crippen molar-refractivity contribution >= 4 is 5.78 Å². The van der Waals surface area contributed by atoms with E-state index in [9.17, 15) is 4.79 Å². The topological polar surface area (TPSA) is 35.5 Å². The summed E-state index contributed by atoms with van der Waals surface area (Å²) in [5, 5.41) is 0. The molecule has 0 saturated heterocycles. The number of hydrogen-bond donors (Lipinski definition) is 0. The number of hydrogen-bond acceptors (Lipinski definition) is 3. The second-order valence-corrected chi connectivity index (χ2v) is 5.15. The molecule has 18 heavy (non-hydrogen) atoms. The maximum Gasteiger partial charge on any atom is 0.169 e. The molecule has 1 rings (SSSR count). The fourth-order valence-corrected chi connectivity index (χ4v) is 1.83. The van der Waals surface area contributed by atoms with E-state index >= 15 is 0 Å². The van der Waals surface area contributed by atoms with Gasteiger partial charge in [-0.25, -0.2) is 0 Å². The van der Waals surface area contributed by atoms with Gasteiger partial charge in [0.15, 0.2) is 5.78 Å². The van der Waals surface area contributed by atoms with E-state index in [1.165, 1.54) is 0 Å². The SMILES string of the molecule is COc1c(C(=O)CC(C)(C)OC)ccc(C)c1C. The highest BCUT2D eigenvalue weighted by molar-refractivity contribution is 5.99. The first-order valence-corrected chi connectivity index (χ1v) is 6.05. The van der Waals surface area contributed by atoms with E-state index in [1.54, 1.807) is 14.2 Å². The number of Topliss-reactive ketones (excluding diaryl/α,β-unsaturated/α-hetero) is 1. The third-order valence-electron chi connectivity index (χ3n) is 3.32. The van der Waals surface area contributed by atoms with Crippen LogP contribution in [0.2, 0.25) is 0 Å². The van der Waals surface area contributed by atoms with Crippen molar-refractivity contribution in [1.29, 1.82) is 0 Å². The quantitative estimate of drug-likeness (QED) is 0.752. The minimum absolute atomic E-state index is 0.0433. The standard InChI is InChI=1S/C15H22O3/c1-10-7-8-12(14(17-5)11(10)2)13(16)9-15(3,4)18-6/h7-8H,9H2,1-6H3. The first-order chi connectivity index (χ1) is 8.32. The van der Waals surface area contributed by atoms with Crippen LogP contribution >= 0.6 is 0 Å². The van der Waals surface area contributed by atoms with Crippen LogP contribution in [0.3, 0.4) is 0 Å². The fourth-order valence-electron chi connectivity index (χ4n) is 1.83. The molecular formula is C15H22O3. The van der Waals surface area contributed by atoms with E-state index < -0.39 is 5.60 Å². The summed E-state index contributed by atoms with van der Waals surface area (Å²) in [6, 6.07) is 3.78. The Bertz CT molecular complexity index is 447. The van der Waals surface area contributed by atoms with Crippen molar-refractivity contribution in [3.8, 4) is 5.75 Å². The number of carbonyl (C=O) groups is 1. The third-order valence-corrected chi connectivity index (χ3v) is 3.32. The lowest BCUT2D eigenvalue weighted by Gasteiger charge is -2.22. The lowest BCUT2D eigenvalue weighted by molar-refractivity contribution is 0.0171. The molecule has 1 aromatic rings. The molecule has 3 nitrogen and oxygen atoms in total. The molecular weight excluding hydrogens is 228 g/mol. The predicted octanol–water partition coefficient (Wildman–Crippen LogP) is 3.31. The van der Waals surface area contributed by atoms with Crippen LogP contribution in [0.25, 0.3) is 0 Å². The van der Waals surface area contributed by atoms with Gasteiger partial charge in [0, 0.05) is 13.5 Å². The lowest BCUT2D eigenvalue weighted by Crippen LogP contribution is -2.26. The third kappa shape index (κ3) is 3.10. The Morgan fingerprint density at radius 1 is 1.22 bits per heavy atom. The maximum atomic E-state index is 12.3. The number of benzene rings is 1. The van der Waals surface area contributed by atoms with Gasteiger partial charge >= 0.3 is 0 Å². The van der Waals surface area contributed by atoms with Gasteiger partial charge in [0.05, 0.1) is 18.3 Å². The Balaban J connectivity index is 3.11. The van der Waals surface area contributed by atoms with E-state index in [2.05, 4.69) is 0 Å². The van der Waals surface area contributed by atoms with E-state index in [0.29, 0.717) is 17.7 Å². The molecule has 0 radical (unpaired) electrons. The van der Waals surface area contributed by atoms with Crippen molar-refractivity contribution in [3.63, 3.8) is 0 Å². The minimum atomic E-state index is -0.457. The van der Waals surface area contributed by atoms with Crippen LogP contribution in [-0.4, -0.2) is 25.6 Å². The second-order valence-electron chi connectivity index (χ2n) is 5.15. The van der Waals surface area contributed by atoms with Crippen LogP contribution in [0.4, 0.5) is 0 Å². The normalized spacial score (nSPS) is 11.4. The summed E-state index contributed by atoms with van der Waals surface area (Å²) in [6.45, 7) is 7.77. The Morgan fingerprint density at radius 3 is 2.33 bits per heavy atom. The van der Waals surface area contributed by atoms with Gasteiger partial charge in [0.1, 0.15) is 5.75 Å². The van der Waals surface area contributed by atoms with Crippen molar-refractivity contribution in [1.82, 2.24) is 0 Å². The largest absolute Gasteiger partial charge is 0.496 e. The molecule has 0 aromatic heterocycles. The Labute approximate surface area is 109 Å². The molecule has 0 atom stereocenters. The molecule has 100 valence electrons. The van der Waals surface area contributed by atoms with Gasteiger partial charge in [0.2, 0.25) is 0 Å². The number of rotatable bonds is 5. The van der Waals surface area contributed by atoms with E-state index in [-0.39, 0.29) is 5.78 Å². The zero-order valence-electron chi connectivity index (χ0n) is 12.1. The van der Waals surface area contributed by atoms with Crippen molar-refractivity contribution in [2.24, 2.45) is 0 Å². The second kappa shape index (κ2) is 5.53. The Hall–Kier alpha value is -1.35. The number of aryl methyl sites for hydroxylation is 1. The molecule has 0 spiro atoms. The highest BCUT2D eigenvalue weighted by Crippen LogP contribution is 2.29. The van der Waals surface area contributed by atoms with Crippen molar-refractivity contribution in [2.45, 2.75) is 39.7 Å². The first kappa shape index (κ1) is 14.7. The summed E-state index contributed by atoms with van der Waals surface area (Å²) < 4.78 is 10.7. The van der Waals surface area contributed by atoms with Crippen molar-refractivity contribution in [2.75, 3.05) is 14.2 Å². The van der Waals surface area contributed by atoms with Crippen LogP contribution in [0.5, 0.6) is 5.75 Å². The molecule has 0 aliphatic heterocycles. The number of methoxy groups -OCH3 is 2. The Kier molecular flexibility index (Phi) is 4.52. The summed E-state index contributed by atoms with van der Waals surface area (Å²) in [7, 11) is 3.21. The molecule has 0 aliphatic carbocycles. The lowest BCUT2D eigenvalue weighted by atomic mass is 9.94. The molecule has 3 heteroatoms. The molecule has 0 fully saturated rings. The first-order valence-electron chi connectivity index (χ1n) is 6.05. The van der Waals surface area contributed by atoms with Crippen LogP contribution in [0.15, 0.2) is 12.1 Å². The van der Waals surface area contributed by atoms with Gasteiger partial charge < -0.3 is 9.47 Å². The zero-order chi connectivity index (χ0) is 13.9. The average Bonchev–Trinajstić information content (AvgIpc) is 2.31. The number of ether oxygens (including phenoxy) is 2. The summed E-state index contributed by atoms with van der Waals surface area (Å²) in [5.74, 6) is 0.716. The molecule has 0 unspecified atom stereocenters. The molecule has 0 heterocycles. The van der Waals surface area contributed by atoms with Gasteiger partial charge in [-0.15, -0.1) is 0 Å². The van der Waals surface area contributed by atoms with Crippen LogP contribution < -0.4 is 4.74 Å². The summed E-state index contributed by atoms with van der Waals surface area (Å²) in [5.41, 5.74) is 2.31. The van der Waals surface area contributed by atoms with Crippen LogP contribution in [0, 0.1) is 13.8 Å². The predicted molar refractivity (Wildman–Crippen MR) is 72.5 cm³/mol. The molecule has 0 bridgehead atoms. The number of ketones is 1. The summed E-state index contributed by atoms with van der Waals surface area (Å²) >= 11 is 0. The number of carbonyl (C=O) groups excluding carboxylic acids is 1. The van der Waals surface area contributed by atoms with Crippen LogP contribution in [0.1, 0.15) is 41.8 Å². The monoisotopic (exact) mass is 250 g/mol. The van der Waals surface area contributed by atoms with Gasteiger partial charge in [-0.1, -0.05) is 6.07 Å². The van der Waals surface area contributed by atoms with Gasteiger partial charge in [-0.05, 0) is 44.9 Å². The van der Waals surface area contributed by atoms with Crippen molar-refractivity contribution < 1.29 is 14.3 Å². The molecule has 0 N–H and O–H groups in total. The zero-order valence-corrected chi connectivity index (χ0v) is 12.1. The van der Waals surface area contributed by atoms with E-state index in [0.717, 1.165) is 11.1 Å². The van der Waals surface area contributed by atoms with Gasteiger partial charge in [-0.2, -0.15) is 0 Å². The van der Waals surface area contributed by atoms with Crippen molar-refractivity contribution in [3.05, 3.63) is 28.8 Å². The fraction of sp³-hybridized carbons (Fsp3) is 0.533. The molecule has 0 amide bonds. The molecule has 1 aromatic carbocycles. The van der Waals surface area contributed by atoms with Gasteiger partial charge in [-0.3, -0.25) is 4.79 Å². The highest BCUT2D eigenvalue weighted by Gasteiger charge is 2.24. The van der Waals surface area contributed by atoms with Crippen LogP contribution in [-0.2, 0) is 4.74 Å². The highest BCUT2D eigenvalue weighted by atomic mass is 16.5. The Morgan fingerprint density at radius 2 is 1.83 bits per heavy atom. The maximum absolute atomic E-state index is 12.3. The average molecular weight is 250 g/mol. The minimum Gasteiger partial charge on any atom is -0.496 e. The molecule has 0 saturated carbocycles. The smallest absolute Gasteiger partial charge is 0.169 e. The van der Waals surface area contributed by atoms with Gasteiger partial charge in [0.25, 0.3) is 0 Å².